The molecule has 2 rings (SSSR count). The second-order valence-electron chi connectivity index (χ2n) is 3.92. The van der Waals surface area contributed by atoms with Gasteiger partial charge in [-0.2, -0.15) is 0 Å². The topological polar surface area (TPSA) is 9.23 Å². The first-order valence-electron chi connectivity index (χ1n) is 4.85. The Morgan fingerprint density at radius 1 is 1.50 bits per heavy atom. The van der Waals surface area contributed by atoms with E-state index in [1.165, 1.54) is 12.8 Å². The molecule has 0 radical (unpaired) electrons. The van der Waals surface area contributed by atoms with E-state index in [1.807, 2.05) is 6.92 Å². The zero-order valence-corrected chi connectivity index (χ0v) is 9.37. The molecular weight excluding hydrogens is 198 g/mol. The molecule has 0 spiro atoms. The highest BCUT2D eigenvalue weighted by atomic mass is 31.0. The molecule has 1 atom stereocenters. The van der Waals surface area contributed by atoms with Crippen LogP contribution in [0.2, 0.25) is 0 Å². The lowest BCUT2D eigenvalue weighted by molar-refractivity contribution is 0.286. The summed E-state index contributed by atoms with van der Waals surface area (Å²) in [6, 6.07) is 3.55. The minimum Gasteiger partial charge on any atom is -0.490 e. The number of benzene rings is 1. The molecule has 1 nitrogen and oxygen atoms in total. The first kappa shape index (κ1) is 9.92. The van der Waals surface area contributed by atoms with E-state index in [2.05, 4.69) is 9.24 Å². The lowest BCUT2D eigenvalue weighted by Crippen LogP contribution is -2.07. The van der Waals surface area contributed by atoms with E-state index in [0.717, 1.165) is 5.56 Å². The van der Waals surface area contributed by atoms with Crippen molar-refractivity contribution in [2.45, 2.75) is 19.8 Å². The van der Waals surface area contributed by atoms with Crippen LogP contribution in [0.15, 0.2) is 12.1 Å². The third-order valence-electron chi connectivity index (χ3n) is 2.38. The van der Waals surface area contributed by atoms with Crippen LogP contribution in [0.25, 0.3) is 0 Å². The highest BCUT2D eigenvalue weighted by Gasteiger charge is 2.22. The molecule has 76 valence electrons. The van der Waals surface area contributed by atoms with Gasteiger partial charge in [0.15, 0.2) is 11.6 Å². The van der Waals surface area contributed by atoms with Crippen molar-refractivity contribution in [2.24, 2.45) is 5.92 Å². The summed E-state index contributed by atoms with van der Waals surface area (Å²) >= 11 is 0. The van der Waals surface area contributed by atoms with Gasteiger partial charge in [-0.25, -0.2) is 4.39 Å². The molecule has 0 N–H and O–H groups in total. The maximum atomic E-state index is 13.5. The molecule has 1 aromatic rings. The summed E-state index contributed by atoms with van der Waals surface area (Å²) in [6.45, 7) is 2.60. The van der Waals surface area contributed by atoms with Crippen LogP contribution in [0.4, 0.5) is 4.39 Å². The van der Waals surface area contributed by atoms with Gasteiger partial charge >= 0.3 is 0 Å². The minimum atomic E-state index is -0.249. The summed E-state index contributed by atoms with van der Waals surface area (Å²) in [4.78, 5) is 0. The van der Waals surface area contributed by atoms with Gasteiger partial charge in [-0.3, -0.25) is 0 Å². The Labute approximate surface area is 85.9 Å². The fourth-order valence-electron chi connectivity index (χ4n) is 1.36. The molecule has 1 saturated carbocycles. The van der Waals surface area contributed by atoms with Crippen molar-refractivity contribution in [3.8, 4) is 5.75 Å². The van der Waals surface area contributed by atoms with E-state index in [-0.39, 0.29) is 5.82 Å². The lowest BCUT2D eigenvalue weighted by Gasteiger charge is -2.09. The number of hydrogen-bond acceptors (Lipinski definition) is 1. The molecule has 1 aliphatic carbocycles. The number of halogens is 1. The molecule has 1 aromatic carbocycles. The maximum Gasteiger partial charge on any atom is 0.172 e. The lowest BCUT2D eigenvalue weighted by atomic mass is 10.2. The molecule has 0 aliphatic heterocycles. The highest BCUT2D eigenvalue weighted by molar-refractivity contribution is 7.27. The number of hydrogen-bond donors (Lipinski definition) is 0. The van der Waals surface area contributed by atoms with E-state index >= 15 is 0 Å². The first-order chi connectivity index (χ1) is 6.66. The van der Waals surface area contributed by atoms with Crippen LogP contribution in [0.3, 0.4) is 0 Å². The van der Waals surface area contributed by atoms with E-state index in [0.29, 0.717) is 23.6 Å². The molecule has 0 aromatic heterocycles. The number of ether oxygens (including phenoxy) is 1. The molecular formula is C11H14FOP. The fourth-order valence-corrected chi connectivity index (χ4v) is 1.77. The number of rotatable bonds is 3. The molecule has 14 heavy (non-hydrogen) atoms. The summed E-state index contributed by atoms with van der Waals surface area (Å²) in [7, 11) is 2.39. The fraction of sp³-hybridized carbons (Fsp3) is 0.455. The van der Waals surface area contributed by atoms with Crippen LogP contribution in [0.1, 0.15) is 18.4 Å². The van der Waals surface area contributed by atoms with Gasteiger partial charge in [-0.05, 0) is 43.4 Å². The Bertz CT molecular complexity index is 347. The zero-order valence-electron chi connectivity index (χ0n) is 8.22. The molecule has 1 fully saturated rings. The van der Waals surface area contributed by atoms with Crippen molar-refractivity contribution in [1.82, 2.24) is 0 Å². The third-order valence-corrected chi connectivity index (χ3v) is 2.80. The van der Waals surface area contributed by atoms with Crippen LogP contribution in [-0.2, 0) is 0 Å². The Morgan fingerprint density at radius 2 is 2.21 bits per heavy atom. The van der Waals surface area contributed by atoms with Crippen molar-refractivity contribution >= 4 is 14.5 Å². The zero-order chi connectivity index (χ0) is 10.1. The average Bonchev–Trinajstić information content (AvgIpc) is 2.92. The normalized spacial score (nSPS) is 15.6. The smallest absolute Gasteiger partial charge is 0.172 e. The van der Waals surface area contributed by atoms with Crippen molar-refractivity contribution in [2.75, 3.05) is 6.61 Å². The summed E-state index contributed by atoms with van der Waals surface area (Å²) in [5.74, 6) is 0.797. The highest BCUT2D eigenvalue weighted by Crippen LogP contribution is 2.30. The Hall–Kier alpha value is -0.620. The third kappa shape index (κ3) is 2.24. The average molecular weight is 212 g/mol. The van der Waals surface area contributed by atoms with E-state index in [4.69, 9.17) is 4.74 Å². The van der Waals surface area contributed by atoms with Crippen molar-refractivity contribution in [3.63, 3.8) is 0 Å². The van der Waals surface area contributed by atoms with Gasteiger partial charge in [0.2, 0.25) is 0 Å². The molecule has 1 aliphatic rings. The maximum absolute atomic E-state index is 13.5. The van der Waals surface area contributed by atoms with E-state index in [1.54, 1.807) is 12.1 Å². The van der Waals surface area contributed by atoms with Crippen LogP contribution in [0.5, 0.6) is 5.75 Å². The van der Waals surface area contributed by atoms with Gasteiger partial charge in [0.05, 0.1) is 6.61 Å². The van der Waals surface area contributed by atoms with Gasteiger partial charge in [0, 0.05) is 5.30 Å². The van der Waals surface area contributed by atoms with Gasteiger partial charge in [-0.1, -0.05) is 0 Å². The van der Waals surface area contributed by atoms with Crippen LogP contribution >= 0.6 is 9.24 Å². The Morgan fingerprint density at radius 3 is 2.86 bits per heavy atom. The standard InChI is InChI=1S/C11H14FOP/c1-7-4-9(11(12)10(14)5-7)13-6-8-2-3-8/h4-5,8H,2-3,6,14H2,1H3. The predicted octanol–water partition coefficient (Wildman–Crippen LogP) is 2.42. The van der Waals surface area contributed by atoms with E-state index < -0.39 is 0 Å². The van der Waals surface area contributed by atoms with Crippen molar-refractivity contribution in [1.29, 1.82) is 0 Å². The quantitative estimate of drug-likeness (QED) is 0.699. The van der Waals surface area contributed by atoms with Gasteiger partial charge < -0.3 is 4.74 Å². The van der Waals surface area contributed by atoms with Crippen LogP contribution in [-0.4, -0.2) is 6.61 Å². The first-order valence-corrected chi connectivity index (χ1v) is 5.43. The van der Waals surface area contributed by atoms with Crippen molar-refractivity contribution < 1.29 is 9.13 Å². The predicted molar refractivity (Wildman–Crippen MR) is 58.7 cm³/mol. The van der Waals surface area contributed by atoms with Crippen LogP contribution < -0.4 is 10.0 Å². The summed E-state index contributed by atoms with van der Waals surface area (Å²) in [5.41, 5.74) is 1.03. The minimum absolute atomic E-state index is 0.249. The number of aryl methyl sites for hydroxylation is 1. The molecule has 0 bridgehead atoms. The van der Waals surface area contributed by atoms with E-state index in [9.17, 15) is 4.39 Å². The Kier molecular flexibility index (Phi) is 2.73. The molecule has 3 heteroatoms. The summed E-state index contributed by atoms with van der Waals surface area (Å²) in [6.07, 6.45) is 2.45. The molecule has 1 unspecified atom stereocenters. The van der Waals surface area contributed by atoms with Crippen molar-refractivity contribution in [3.05, 3.63) is 23.5 Å². The second-order valence-corrected chi connectivity index (χ2v) is 4.54. The molecule has 0 saturated heterocycles. The Balaban J connectivity index is 2.13. The van der Waals surface area contributed by atoms with Gasteiger partial charge in [-0.15, -0.1) is 9.24 Å². The summed E-state index contributed by atoms with van der Waals surface area (Å²) in [5, 5.41) is 0.579. The van der Waals surface area contributed by atoms with Gasteiger partial charge in [0.1, 0.15) is 0 Å². The monoisotopic (exact) mass is 212 g/mol. The molecule has 0 heterocycles. The second kappa shape index (κ2) is 3.86. The largest absolute Gasteiger partial charge is 0.490 e. The van der Waals surface area contributed by atoms with Gasteiger partial charge in [0.25, 0.3) is 0 Å². The van der Waals surface area contributed by atoms with Crippen LogP contribution in [0, 0.1) is 18.7 Å². The molecule has 0 amide bonds. The SMILES string of the molecule is Cc1cc(P)c(F)c(OCC2CC2)c1. The summed E-state index contributed by atoms with van der Waals surface area (Å²) < 4.78 is 18.9.